The fourth-order valence-electron chi connectivity index (χ4n) is 15.1. The van der Waals surface area contributed by atoms with E-state index in [9.17, 15) is 47.3 Å². The average molecular weight is 1910 g/mol. The number of hydroxylamine groups is 2. The Morgan fingerprint density at radius 2 is 0.719 bits per heavy atom. The molecule has 15 atom stereocenters. The maximum absolute atomic E-state index is 14.9. The number of nitrogens with zero attached hydrogens (tertiary/aromatic N) is 12. The van der Waals surface area contributed by atoms with Crippen molar-refractivity contribution in [3.8, 4) is 0 Å². The van der Waals surface area contributed by atoms with Gasteiger partial charge in [0.2, 0.25) is 11.8 Å². The molecule has 0 aromatic carbocycles. The van der Waals surface area contributed by atoms with Crippen molar-refractivity contribution in [2.24, 2.45) is 0 Å². The third-order valence-electron chi connectivity index (χ3n) is 21.8. The molecule has 36 nitrogen and oxygen atoms in total. The van der Waals surface area contributed by atoms with Crippen LogP contribution < -0.4 is 5.32 Å². The maximum Gasteiger partial charge on any atom is 0.346 e. The highest BCUT2D eigenvalue weighted by Crippen LogP contribution is 2.59. The summed E-state index contributed by atoms with van der Waals surface area (Å²) in [6, 6.07) is -3.21. The highest BCUT2D eigenvalue weighted by molar-refractivity contribution is 8.14. The summed E-state index contributed by atoms with van der Waals surface area (Å²) < 4.78 is 128. The zero-order chi connectivity index (χ0) is 94.5. The summed E-state index contributed by atoms with van der Waals surface area (Å²) in [6.07, 6.45) is -1.80. The lowest BCUT2D eigenvalue weighted by Crippen LogP contribution is -2.56. The molecular weight excluding hydrogens is 1760 g/mol. The molecule has 10 aliphatic rings. The van der Waals surface area contributed by atoms with Crippen LogP contribution in [0.25, 0.3) is 0 Å². The van der Waals surface area contributed by atoms with Gasteiger partial charge in [0, 0.05) is 236 Å². The van der Waals surface area contributed by atoms with Crippen LogP contribution in [0, 0.1) is 0 Å². The Bertz CT molecular complexity index is 3650. The van der Waals surface area contributed by atoms with Crippen LogP contribution >= 0.6 is 59.2 Å². The lowest BCUT2D eigenvalue weighted by atomic mass is 9.94. The van der Waals surface area contributed by atoms with Crippen LogP contribution in [0.15, 0.2) is 0 Å². The van der Waals surface area contributed by atoms with Crippen LogP contribution in [-0.2, 0) is 108 Å². The maximum atomic E-state index is 14.9. The second kappa shape index (κ2) is 51.7. The molecule has 48 heteroatoms. The number of thioether (sulfide) groups is 2. The minimum atomic E-state index is -3.63. The number of imide groups is 1. The molecule has 0 aromatic heterocycles. The molecule has 10 aliphatic heterocycles. The molecule has 10 fully saturated rings. The van der Waals surface area contributed by atoms with Crippen molar-refractivity contribution in [1.82, 2.24) is 62.9 Å². The zero-order valence-corrected chi connectivity index (χ0v) is 83.8. The summed E-state index contributed by atoms with van der Waals surface area (Å²) in [5.74, 6) is -1.94. The average Bonchev–Trinajstić information content (AvgIpc) is 0.906. The Balaban J connectivity index is 0.000000274. The Labute approximate surface area is 785 Å². The van der Waals surface area contributed by atoms with Crippen LogP contribution in [0.5, 0.6) is 0 Å². The normalized spacial score (nSPS) is 28.9. The van der Waals surface area contributed by atoms with E-state index >= 15 is 0 Å². The van der Waals surface area contributed by atoms with E-state index in [1.807, 2.05) is 74.1 Å². The summed E-state index contributed by atoms with van der Waals surface area (Å²) in [6.45, 7) is 50.8. The second-order valence-corrected chi connectivity index (χ2v) is 48.1. The molecule has 10 heterocycles. The first-order valence-corrected chi connectivity index (χ1v) is 51.3. The number of nitrogens with one attached hydrogen (secondary N) is 1. The van der Waals surface area contributed by atoms with E-state index in [0.717, 1.165) is 36.6 Å². The zero-order valence-electron chi connectivity index (χ0n) is 78.6. The van der Waals surface area contributed by atoms with Gasteiger partial charge >= 0.3 is 29.0 Å². The van der Waals surface area contributed by atoms with Crippen molar-refractivity contribution in [2.45, 2.75) is 258 Å². The summed E-state index contributed by atoms with van der Waals surface area (Å²) >= 11 is 5.87. The highest BCUT2D eigenvalue weighted by Gasteiger charge is 2.50. The van der Waals surface area contributed by atoms with Crippen molar-refractivity contribution in [1.29, 1.82) is 0 Å². The number of rotatable bonds is 28. The van der Waals surface area contributed by atoms with E-state index in [2.05, 4.69) is 99.8 Å². The number of ether oxygens (including phenoxy) is 9. The summed E-state index contributed by atoms with van der Waals surface area (Å²) in [4.78, 5) is 94.4. The summed E-state index contributed by atoms with van der Waals surface area (Å²) in [5, 5.41) is 3.45. The smallest absolute Gasteiger partial charge is 0.346 e. The van der Waals surface area contributed by atoms with Gasteiger partial charge in [-0.3, -0.25) is 57.2 Å². The first-order valence-electron chi connectivity index (χ1n) is 44.1. The number of carbonyl (C=O) groups excluding carboxylic acids is 7. The van der Waals surface area contributed by atoms with Gasteiger partial charge in [0.1, 0.15) is 52.8 Å². The molecule has 0 saturated carbocycles. The fourth-order valence-corrected chi connectivity index (χ4v) is 23.7. The van der Waals surface area contributed by atoms with Gasteiger partial charge in [-0.15, -0.1) is 5.06 Å². The van der Waals surface area contributed by atoms with E-state index in [-0.39, 0.29) is 157 Å². The minimum Gasteiger partial charge on any atom is -0.380 e. The van der Waals surface area contributed by atoms with E-state index in [4.69, 9.17) is 103 Å². The molecule has 10 rings (SSSR count). The van der Waals surface area contributed by atoms with Gasteiger partial charge in [-0.25, -0.2) is 32.8 Å². The van der Waals surface area contributed by atoms with Gasteiger partial charge in [0.15, 0.2) is 10.2 Å². The first-order chi connectivity index (χ1) is 59.0. The van der Waals surface area contributed by atoms with E-state index in [1.165, 1.54) is 13.8 Å². The lowest BCUT2D eigenvalue weighted by molar-refractivity contribution is -0.195. The van der Waals surface area contributed by atoms with Gasteiger partial charge in [-0.1, -0.05) is 31.0 Å². The Morgan fingerprint density at radius 3 is 1.02 bits per heavy atom. The molecule has 12 radical (unpaired) electrons. The topological polar surface area (TPSA) is 342 Å². The predicted octanol–water partition coefficient (Wildman–Crippen LogP) is 3.87. The van der Waals surface area contributed by atoms with E-state index in [1.54, 1.807) is 19.1 Å². The molecule has 0 bridgehead atoms. The Kier molecular flexibility index (Phi) is 46.4. The SMILES string of the molecule is C.CC(=O)SCC(=O)ON1C(=O)CCC1=O.[B]C1CN(C(C)(C)C)CC(COP(=O)(N2CCN(C(=O)CS)CC2)N2CC([B])OC(COC(C)(C)C)C2)O1.[B]C1CN(C(C)(C)C)CC(COP(=O)(N2CCN(C(=O)CSC(C)=O)CC2)N2CC([B])OC(COC(C)(C)C)C2)O1.[B]C1CN(C(C)(C)C)CC(COP(=O)(N2CCNCC2)N2CC([B])OC(COC(C)C)C2)O1. The summed E-state index contributed by atoms with van der Waals surface area (Å²) in [7, 11) is 26.7. The van der Waals surface area contributed by atoms with Crippen LogP contribution in [0.3, 0.4) is 0 Å². The number of hydrogen-bond donors (Lipinski definition) is 2. The Hall–Kier alpha value is -1.86. The predicted molar refractivity (Wildman–Crippen MR) is 503 cm³/mol. The molecule has 128 heavy (non-hydrogen) atoms. The molecule has 10 saturated heterocycles. The van der Waals surface area contributed by atoms with Crippen molar-refractivity contribution >= 4 is 146 Å². The fraction of sp³-hybridized carbons (Fsp3) is 0.912. The minimum absolute atomic E-state index is 0. The number of carbonyl (C=O) groups is 7. The monoisotopic (exact) mass is 1910 g/mol. The van der Waals surface area contributed by atoms with Gasteiger partial charge in [0.25, 0.3) is 11.8 Å². The number of piperazine rings is 3. The molecule has 0 aromatic rings. The second-order valence-electron chi connectivity index (χ2n) is 38.3. The van der Waals surface area contributed by atoms with Gasteiger partial charge in [-0.05, 0) is 118 Å². The number of hydrogen-bond acceptors (Lipinski definition) is 30. The van der Waals surface area contributed by atoms with Crippen LogP contribution in [0.4, 0.5) is 0 Å². The third kappa shape index (κ3) is 37.5. The molecular formula is C80H146B6N13O23P3S3. The van der Waals surface area contributed by atoms with E-state index < -0.39 is 82.9 Å². The lowest BCUT2D eigenvalue weighted by Gasteiger charge is -2.47. The van der Waals surface area contributed by atoms with Crippen LogP contribution in [0.1, 0.15) is 152 Å². The molecule has 720 valence electrons. The van der Waals surface area contributed by atoms with Crippen molar-refractivity contribution < 1.29 is 108 Å². The Morgan fingerprint density at radius 1 is 0.422 bits per heavy atom. The molecule has 1 N–H and O–H groups in total. The van der Waals surface area contributed by atoms with Crippen molar-refractivity contribution in [3.63, 3.8) is 0 Å². The van der Waals surface area contributed by atoms with Gasteiger partial charge < -0.3 is 76.2 Å². The van der Waals surface area contributed by atoms with Crippen LogP contribution in [0.2, 0.25) is 0 Å². The molecule has 0 spiro atoms. The number of amides is 4. The first kappa shape index (κ1) is 115. The molecule has 0 aliphatic carbocycles. The van der Waals surface area contributed by atoms with Gasteiger partial charge in [-0.2, -0.15) is 12.6 Å². The number of thiol groups is 1. The van der Waals surface area contributed by atoms with Crippen molar-refractivity contribution in [2.75, 3.05) is 214 Å². The highest BCUT2D eigenvalue weighted by atomic mass is 32.2. The number of morpholine rings is 6. The van der Waals surface area contributed by atoms with Crippen LogP contribution in [-0.4, -0.2) is 465 Å². The molecule has 4 amide bonds. The molecule has 15 unspecified atom stereocenters. The van der Waals surface area contributed by atoms with E-state index in [0.29, 0.717) is 156 Å². The quantitative estimate of drug-likeness (QED) is 0.0486. The van der Waals surface area contributed by atoms with Gasteiger partial charge in [0.05, 0.1) is 105 Å². The van der Waals surface area contributed by atoms with Crippen molar-refractivity contribution in [3.05, 3.63) is 0 Å². The third-order valence-corrected chi connectivity index (χ3v) is 31.6. The largest absolute Gasteiger partial charge is 0.380 e. The standard InChI is InChI=1S/C26H47B2N4O7PS.C24H45B2N4O6PS.C21H41B2N4O5P.C8H9NO5S.CH4/c1-19(33)41-18-24(34)29-8-10-31(11-9-29)40(35,32-13-21(39-23(28)15-32)16-36-26(5,6)7)37-17-20-12-30(25(2,3)4)14-22(27)38-20;1-23(2,3)28-11-18(35-20(25)13-28)16-34-37(32,29-9-7-27(8-10-29)22(31)17-38)30-12-19(36-21(26)14-30)15-33-24(4,5)6;1-16(2)29-14-18-11-27(13-20(23)32-18)33(28,26-8-6-24-7-9-26)30-15-17-10-25(21(3,4)5)12-19(22)31-17;1-5(10)15-4-8(13)14-9-6(11)2-3-7(9)12;/h20-23H,8-18H2,1-7H3;18-21,38H,7-17H2,1-6H3;16-20,24H,6-15H2,1-5H3;2-4H2,1H3;1H4. The summed E-state index contributed by atoms with van der Waals surface area (Å²) in [5.41, 5.74) is -0.944.